The lowest BCUT2D eigenvalue weighted by atomic mass is 9.95. The van der Waals surface area contributed by atoms with Gasteiger partial charge in [0.25, 0.3) is 0 Å². The molecule has 0 unspecified atom stereocenters. The van der Waals surface area contributed by atoms with Gasteiger partial charge in [0.05, 0.1) is 17.5 Å². The summed E-state index contributed by atoms with van der Waals surface area (Å²) >= 11 is 0. The largest absolute Gasteiger partial charge is 0.435 e. The Morgan fingerprint density at radius 3 is 2.53 bits per heavy atom. The second-order valence-electron chi connectivity index (χ2n) is 7.61. The minimum Gasteiger partial charge on any atom is -0.435 e. The first kappa shape index (κ1) is 18.8. The number of pyridine rings is 1. The Labute approximate surface area is 172 Å². The molecule has 30 heavy (non-hydrogen) atoms. The minimum atomic E-state index is -2.91. The summed E-state index contributed by atoms with van der Waals surface area (Å²) in [6, 6.07) is 18.9. The number of imidazole rings is 1. The van der Waals surface area contributed by atoms with Crippen LogP contribution < -0.4 is 4.74 Å². The SMILES string of the molecule is Cc1ccc(-c2ccc3nc4c(n3c2)[C@@H](c2ccccc2OC(F)F)C[C@H]4O)cc1. The van der Waals surface area contributed by atoms with Gasteiger partial charge in [0.1, 0.15) is 11.4 Å². The van der Waals surface area contributed by atoms with Crippen LogP contribution in [0.15, 0.2) is 66.9 Å². The Morgan fingerprint density at radius 2 is 1.77 bits per heavy atom. The van der Waals surface area contributed by atoms with E-state index < -0.39 is 12.7 Å². The van der Waals surface area contributed by atoms with Crippen molar-refractivity contribution in [1.29, 1.82) is 0 Å². The molecule has 6 heteroatoms. The predicted octanol–water partition coefficient (Wildman–Crippen LogP) is 5.48. The Hall–Kier alpha value is -3.25. The van der Waals surface area contributed by atoms with E-state index in [4.69, 9.17) is 4.74 Å². The van der Waals surface area contributed by atoms with Crippen LogP contribution in [0.5, 0.6) is 5.75 Å². The van der Waals surface area contributed by atoms with Gasteiger partial charge in [-0.2, -0.15) is 8.78 Å². The maximum Gasteiger partial charge on any atom is 0.387 e. The van der Waals surface area contributed by atoms with E-state index in [0.29, 0.717) is 23.3 Å². The molecule has 0 saturated heterocycles. The summed E-state index contributed by atoms with van der Waals surface area (Å²) in [6.07, 6.45) is 1.61. The zero-order valence-electron chi connectivity index (χ0n) is 16.3. The lowest BCUT2D eigenvalue weighted by Crippen LogP contribution is -2.08. The molecule has 1 aliphatic carbocycles. The number of nitrogens with zero attached hydrogens (tertiary/aromatic N) is 2. The number of aliphatic hydroxyl groups excluding tert-OH is 1. The first-order valence-corrected chi connectivity index (χ1v) is 9.82. The number of para-hydroxylation sites is 1. The highest BCUT2D eigenvalue weighted by atomic mass is 19.3. The molecule has 0 bridgehead atoms. The van der Waals surface area contributed by atoms with Crippen LogP contribution in [0.4, 0.5) is 8.78 Å². The fourth-order valence-electron chi connectivity index (χ4n) is 4.28. The van der Waals surface area contributed by atoms with E-state index in [1.165, 1.54) is 11.6 Å². The number of hydrogen-bond acceptors (Lipinski definition) is 3. The van der Waals surface area contributed by atoms with E-state index in [1.54, 1.807) is 18.2 Å². The van der Waals surface area contributed by atoms with E-state index in [1.807, 2.05) is 29.7 Å². The maximum absolute atomic E-state index is 12.9. The van der Waals surface area contributed by atoms with Gasteiger partial charge in [-0.15, -0.1) is 0 Å². The summed E-state index contributed by atoms with van der Waals surface area (Å²) in [5.41, 5.74) is 6.01. The first-order chi connectivity index (χ1) is 14.5. The van der Waals surface area contributed by atoms with Gasteiger partial charge in [-0.3, -0.25) is 0 Å². The smallest absolute Gasteiger partial charge is 0.387 e. The van der Waals surface area contributed by atoms with Gasteiger partial charge in [-0.25, -0.2) is 4.98 Å². The van der Waals surface area contributed by atoms with Gasteiger partial charge < -0.3 is 14.2 Å². The van der Waals surface area contributed by atoms with Gasteiger partial charge in [0.2, 0.25) is 0 Å². The highest BCUT2D eigenvalue weighted by Crippen LogP contribution is 2.47. The number of aromatic nitrogens is 2. The summed E-state index contributed by atoms with van der Waals surface area (Å²) in [6.45, 7) is -0.868. The lowest BCUT2D eigenvalue weighted by Gasteiger charge is -2.17. The fraction of sp³-hybridized carbons (Fsp3) is 0.208. The number of benzene rings is 2. The average molecular weight is 406 g/mol. The van der Waals surface area contributed by atoms with E-state index in [2.05, 4.69) is 29.2 Å². The van der Waals surface area contributed by atoms with Gasteiger partial charge in [-0.1, -0.05) is 48.0 Å². The summed E-state index contributed by atoms with van der Waals surface area (Å²) in [5.74, 6) is -0.171. The molecule has 0 fully saturated rings. The van der Waals surface area contributed by atoms with Crippen LogP contribution in [-0.4, -0.2) is 21.1 Å². The topological polar surface area (TPSA) is 46.8 Å². The van der Waals surface area contributed by atoms with Crippen LogP contribution in [0, 0.1) is 6.92 Å². The zero-order valence-corrected chi connectivity index (χ0v) is 16.3. The molecule has 1 N–H and O–H groups in total. The van der Waals surface area contributed by atoms with Crippen LogP contribution in [0.3, 0.4) is 0 Å². The van der Waals surface area contributed by atoms with Crippen molar-refractivity contribution in [3.8, 4) is 16.9 Å². The molecule has 2 aromatic carbocycles. The van der Waals surface area contributed by atoms with Crippen molar-refractivity contribution in [2.75, 3.05) is 0 Å². The average Bonchev–Trinajstić information content (AvgIpc) is 3.26. The molecule has 4 nitrogen and oxygen atoms in total. The zero-order chi connectivity index (χ0) is 20.8. The Balaban J connectivity index is 1.65. The molecule has 0 saturated carbocycles. The standard InChI is InChI=1S/C24H20F2N2O2/c1-14-6-8-15(9-7-14)16-10-11-21-27-22-19(29)12-18(23(22)28(21)13-16)17-4-2-3-5-20(17)30-24(25)26/h2-11,13,18-19,24,29H,12H2,1H3/t18-,19-/m1/s1. The lowest BCUT2D eigenvalue weighted by molar-refractivity contribution is -0.0505. The van der Waals surface area contributed by atoms with Crippen molar-refractivity contribution in [1.82, 2.24) is 9.38 Å². The highest BCUT2D eigenvalue weighted by molar-refractivity contribution is 5.66. The van der Waals surface area contributed by atoms with Crippen molar-refractivity contribution in [2.24, 2.45) is 0 Å². The van der Waals surface area contributed by atoms with Crippen LogP contribution in [0.25, 0.3) is 16.8 Å². The minimum absolute atomic E-state index is 0.127. The maximum atomic E-state index is 12.9. The molecule has 5 rings (SSSR count). The number of halogens is 2. The number of aryl methyl sites for hydroxylation is 1. The predicted molar refractivity (Wildman–Crippen MR) is 110 cm³/mol. The van der Waals surface area contributed by atoms with Crippen molar-refractivity contribution >= 4 is 5.65 Å². The molecule has 0 aliphatic heterocycles. The van der Waals surface area contributed by atoms with Crippen molar-refractivity contribution in [2.45, 2.75) is 32.0 Å². The first-order valence-electron chi connectivity index (χ1n) is 9.82. The molecule has 4 aromatic rings. The fourth-order valence-corrected chi connectivity index (χ4v) is 4.28. The highest BCUT2D eigenvalue weighted by Gasteiger charge is 2.37. The molecule has 152 valence electrons. The molecule has 2 heterocycles. The van der Waals surface area contributed by atoms with Crippen molar-refractivity contribution in [3.05, 3.63) is 89.4 Å². The van der Waals surface area contributed by atoms with E-state index >= 15 is 0 Å². The molecule has 0 radical (unpaired) electrons. The van der Waals surface area contributed by atoms with Crippen molar-refractivity contribution in [3.63, 3.8) is 0 Å². The number of ether oxygens (including phenoxy) is 1. The third-order valence-corrected chi connectivity index (χ3v) is 5.68. The van der Waals surface area contributed by atoms with Crippen LogP contribution >= 0.6 is 0 Å². The monoisotopic (exact) mass is 406 g/mol. The van der Waals surface area contributed by atoms with Gasteiger partial charge >= 0.3 is 6.61 Å². The second kappa shape index (κ2) is 7.22. The van der Waals surface area contributed by atoms with Gasteiger partial charge in [-0.05, 0) is 42.7 Å². The van der Waals surface area contributed by atoms with Gasteiger partial charge in [0, 0.05) is 17.7 Å². The molecule has 2 aromatic heterocycles. The number of hydrogen-bond donors (Lipinski definition) is 1. The van der Waals surface area contributed by atoms with Crippen LogP contribution in [0.2, 0.25) is 0 Å². The van der Waals surface area contributed by atoms with Crippen molar-refractivity contribution < 1.29 is 18.6 Å². The summed E-state index contributed by atoms with van der Waals surface area (Å²) in [7, 11) is 0. The van der Waals surface area contributed by atoms with E-state index in [-0.39, 0.29) is 11.7 Å². The number of alkyl halides is 2. The molecular formula is C24H20F2N2O2. The molecular weight excluding hydrogens is 386 g/mol. The Bertz CT molecular complexity index is 1220. The van der Waals surface area contributed by atoms with E-state index in [0.717, 1.165) is 16.8 Å². The molecule has 0 amide bonds. The Kier molecular flexibility index (Phi) is 4.51. The molecule has 0 spiro atoms. The number of rotatable bonds is 4. The summed E-state index contributed by atoms with van der Waals surface area (Å²) in [5, 5.41) is 10.6. The van der Waals surface area contributed by atoms with E-state index in [9.17, 15) is 13.9 Å². The van der Waals surface area contributed by atoms with Gasteiger partial charge in [0.15, 0.2) is 0 Å². The quantitative estimate of drug-likeness (QED) is 0.488. The molecule has 1 aliphatic rings. The summed E-state index contributed by atoms with van der Waals surface area (Å²) in [4.78, 5) is 4.61. The second-order valence-corrected chi connectivity index (χ2v) is 7.61. The third-order valence-electron chi connectivity index (χ3n) is 5.68. The normalized spacial score (nSPS) is 18.2. The summed E-state index contributed by atoms with van der Waals surface area (Å²) < 4.78 is 32.6. The Morgan fingerprint density at radius 1 is 1.03 bits per heavy atom. The number of fused-ring (bicyclic) bond motifs is 3. The van der Waals surface area contributed by atoms with Crippen LogP contribution in [-0.2, 0) is 0 Å². The molecule has 2 atom stereocenters. The van der Waals surface area contributed by atoms with Crippen LogP contribution in [0.1, 0.15) is 41.0 Å². The third kappa shape index (κ3) is 3.13. The number of aliphatic hydroxyl groups is 1.